The van der Waals surface area contributed by atoms with Crippen molar-refractivity contribution in [2.75, 3.05) is 13.2 Å². The van der Waals surface area contributed by atoms with E-state index in [1.54, 1.807) is 6.07 Å². The fourth-order valence-electron chi connectivity index (χ4n) is 2.11. The van der Waals surface area contributed by atoms with Crippen LogP contribution in [0.1, 0.15) is 41.8 Å². The second kappa shape index (κ2) is 7.12. The average molecular weight is 288 g/mol. The molecule has 18 heavy (non-hydrogen) atoms. The molecule has 1 aromatic rings. The number of thiophene rings is 1. The highest BCUT2D eigenvalue weighted by molar-refractivity contribution is 7.12. The summed E-state index contributed by atoms with van der Waals surface area (Å²) in [7, 11) is 0. The largest absolute Gasteiger partial charge is 0.378 e. The third kappa shape index (κ3) is 3.97. The second-order valence-corrected chi connectivity index (χ2v) is 5.81. The maximum absolute atomic E-state index is 11.7. The van der Waals surface area contributed by atoms with Crippen molar-refractivity contribution in [3.05, 3.63) is 21.3 Å². The summed E-state index contributed by atoms with van der Waals surface area (Å²) in [6.45, 7) is 1.62. The average Bonchev–Trinajstić information content (AvgIpc) is 2.99. The van der Waals surface area contributed by atoms with Crippen LogP contribution in [0.25, 0.3) is 0 Å². The highest BCUT2D eigenvalue weighted by Crippen LogP contribution is 2.21. The van der Waals surface area contributed by atoms with E-state index in [4.69, 9.17) is 16.3 Å². The maximum Gasteiger partial charge on any atom is 0.262 e. The Bertz CT molecular complexity index is 388. The lowest BCUT2D eigenvalue weighted by Gasteiger charge is -2.09. The Morgan fingerprint density at radius 3 is 3.11 bits per heavy atom. The van der Waals surface area contributed by atoms with Crippen molar-refractivity contribution < 1.29 is 9.53 Å². The molecule has 0 radical (unpaired) electrons. The minimum absolute atomic E-state index is 0.0629. The first-order valence-electron chi connectivity index (χ1n) is 6.40. The van der Waals surface area contributed by atoms with Crippen LogP contribution < -0.4 is 5.32 Å². The minimum atomic E-state index is -0.0629. The highest BCUT2D eigenvalue weighted by atomic mass is 35.5. The zero-order chi connectivity index (χ0) is 12.8. The van der Waals surface area contributed by atoms with Gasteiger partial charge in [0.25, 0.3) is 5.91 Å². The van der Waals surface area contributed by atoms with Gasteiger partial charge in [0.1, 0.15) is 4.88 Å². The van der Waals surface area contributed by atoms with E-state index in [0.717, 1.165) is 25.9 Å². The van der Waals surface area contributed by atoms with Crippen LogP contribution >= 0.6 is 22.9 Å². The molecule has 3 nitrogen and oxygen atoms in total. The Kier molecular flexibility index (Phi) is 5.47. The van der Waals surface area contributed by atoms with Crippen molar-refractivity contribution >= 4 is 28.8 Å². The molecule has 1 amide bonds. The summed E-state index contributed by atoms with van der Waals surface area (Å²) >= 11 is 7.27. The van der Waals surface area contributed by atoms with Crippen molar-refractivity contribution in [1.29, 1.82) is 0 Å². The fourth-order valence-corrected chi connectivity index (χ4v) is 3.16. The Morgan fingerprint density at radius 2 is 2.44 bits per heavy atom. The Labute approximate surface area is 116 Å². The third-order valence-electron chi connectivity index (χ3n) is 3.09. The van der Waals surface area contributed by atoms with E-state index in [2.05, 4.69) is 5.32 Å². The van der Waals surface area contributed by atoms with Crippen molar-refractivity contribution in [1.82, 2.24) is 5.32 Å². The molecule has 1 fully saturated rings. The standard InChI is InChI=1S/C13H18ClNO2S/c14-11-6-9-18-12(11)13(16)15-7-2-1-4-10-5-3-8-17-10/h6,9-10H,1-5,7-8H2,(H,15,16)/t10-/m0/s1. The van der Waals surface area contributed by atoms with Gasteiger partial charge < -0.3 is 10.1 Å². The lowest BCUT2D eigenvalue weighted by atomic mass is 10.1. The predicted octanol–water partition coefficient (Wildman–Crippen LogP) is 3.48. The second-order valence-electron chi connectivity index (χ2n) is 4.48. The van der Waals surface area contributed by atoms with Gasteiger partial charge in [-0.2, -0.15) is 0 Å². The molecule has 1 saturated heterocycles. The number of ether oxygens (including phenoxy) is 1. The van der Waals surface area contributed by atoms with Gasteiger partial charge in [-0.15, -0.1) is 11.3 Å². The van der Waals surface area contributed by atoms with Crippen LogP contribution in [0, 0.1) is 0 Å². The summed E-state index contributed by atoms with van der Waals surface area (Å²) in [5.41, 5.74) is 0. The monoisotopic (exact) mass is 287 g/mol. The van der Waals surface area contributed by atoms with Gasteiger partial charge in [-0.05, 0) is 43.6 Å². The molecule has 5 heteroatoms. The van der Waals surface area contributed by atoms with Crippen LogP contribution in [-0.4, -0.2) is 25.2 Å². The first kappa shape index (κ1) is 13.8. The van der Waals surface area contributed by atoms with Gasteiger partial charge in [0.05, 0.1) is 11.1 Å². The number of amides is 1. The third-order valence-corrected chi connectivity index (χ3v) is 4.43. The van der Waals surface area contributed by atoms with E-state index in [1.807, 2.05) is 5.38 Å². The zero-order valence-electron chi connectivity index (χ0n) is 10.3. The molecule has 0 bridgehead atoms. The Balaban J connectivity index is 1.58. The van der Waals surface area contributed by atoms with Gasteiger partial charge in [0, 0.05) is 13.2 Å². The summed E-state index contributed by atoms with van der Waals surface area (Å²) < 4.78 is 5.55. The number of carbonyl (C=O) groups excluding carboxylic acids is 1. The molecule has 2 heterocycles. The molecule has 1 aromatic heterocycles. The fraction of sp³-hybridized carbons (Fsp3) is 0.615. The van der Waals surface area contributed by atoms with Crippen LogP contribution in [0.5, 0.6) is 0 Å². The van der Waals surface area contributed by atoms with E-state index < -0.39 is 0 Å². The predicted molar refractivity (Wildman–Crippen MR) is 74.5 cm³/mol. The number of halogens is 1. The normalized spacial score (nSPS) is 19.1. The van der Waals surface area contributed by atoms with Gasteiger partial charge in [-0.3, -0.25) is 4.79 Å². The Morgan fingerprint density at radius 1 is 1.56 bits per heavy atom. The zero-order valence-corrected chi connectivity index (χ0v) is 11.9. The summed E-state index contributed by atoms with van der Waals surface area (Å²) in [5.74, 6) is -0.0629. The molecule has 0 aromatic carbocycles. The van der Waals surface area contributed by atoms with Crippen molar-refractivity contribution in [3.63, 3.8) is 0 Å². The molecular weight excluding hydrogens is 270 g/mol. The van der Waals surface area contributed by atoms with Gasteiger partial charge in [0.2, 0.25) is 0 Å². The van der Waals surface area contributed by atoms with E-state index >= 15 is 0 Å². The SMILES string of the molecule is O=C(NCCCC[C@H]1CCCO1)c1sccc1Cl. The number of carbonyl (C=O) groups is 1. The molecule has 0 aliphatic carbocycles. The van der Waals surface area contributed by atoms with Crippen molar-refractivity contribution in [3.8, 4) is 0 Å². The van der Waals surface area contributed by atoms with Crippen LogP contribution in [-0.2, 0) is 4.74 Å². The summed E-state index contributed by atoms with van der Waals surface area (Å²) in [5, 5.41) is 5.26. The minimum Gasteiger partial charge on any atom is -0.378 e. The van der Waals surface area contributed by atoms with E-state index in [-0.39, 0.29) is 5.91 Å². The lowest BCUT2D eigenvalue weighted by Crippen LogP contribution is -2.24. The highest BCUT2D eigenvalue weighted by Gasteiger charge is 2.15. The van der Waals surface area contributed by atoms with E-state index in [0.29, 0.717) is 22.5 Å². The summed E-state index contributed by atoms with van der Waals surface area (Å²) in [6, 6.07) is 1.75. The summed E-state index contributed by atoms with van der Waals surface area (Å²) in [6.07, 6.45) is 6.04. The topological polar surface area (TPSA) is 38.3 Å². The van der Waals surface area contributed by atoms with Crippen LogP contribution in [0.3, 0.4) is 0 Å². The number of unbranched alkanes of at least 4 members (excludes halogenated alkanes) is 1. The Hall–Kier alpha value is -0.580. The molecule has 0 saturated carbocycles. The number of hydrogen-bond donors (Lipinski definition) is 1. The van der Waals surface area contributed by atoms with Crippen LogP contribution in [0.15, 0.2) is 11.4 Å². The molecule has 1 atom stereocenters. The van der Waals surface area contributed by atoms with E-state index in [1.165, 1.54) is 24.2 Å². The molecule has 100 valence electrons. The molecule has 1 N–H and O–H groups in total. The molecule has 2 rings (SSSR count). The van der Waals surface area contributed by atoms with Gasteiger partial charge in [-0.25, -0.2) is 0 Å². The summed E-state index contributed by atoms with van der Waals surface area (Å²) in [4.78, 5) is 12.3. The smallest absolute Gasteiger partial charge is 0.262 e. The number of rotatable bonds is 6. The van der Waals surface area contributed by atoms with Crippen LogP contribution in [0.4, 0.5) is 0 Å². The number of hydrogen-bond acceptors (Lipinski definition) is 3. The molecule has 0 unspecified atom stereocenters. The quantitative estimate of drug-likeness (QED) is 0.814. The van der Waals surface area contributed by atoms with Crippen molar-refractivity contribution in [2.24, 2.45) is 0 Å². The molecule has 1 aliphatic heterocycles. The molecule has 1 aliphatic rings. The van der Waals surface area contributed by atoms with Gasteiger partial charge in [0.15, 0.2) is 0 Å². The van der Waals surface area contributed by atoms with Crippen LogP contribution in [0.2, 0.25) is 5.02 Å². The van der Waals surface area contributed by atoms with Gasteiger partial charge in [-0.1, -0.05) is 11.6 Å². The lowest BCUT2D eigenvalue weighted by molar-refractivity contribution is 0.0951. The first-order chi connectivity index (χ1) is 8.77. The van der Waals surface area contributed by atoms with Crippen molar-refractivity contribution in [2.45, 2.75) is 38.2 Å². The molecule has 0 spiro atoms. The number of nitrogens with one attached hydrogen (secondary N) is 1. The molecular formula is C13H18ClNO2S. The van der Waals surface area contributed by atoms with E-state index in [9.17, 15) is 4.79 Å². The maximum atomic E-state index is 11.7. The van der Waals surface area contributed by atoms with Gasteiger partial charge >= 0.3 is 0 Å². The first-order valence-corrected chi connectivity index (χ1v) is 7.66.